The summed E-state index contributed by atoms with van der Waals surface area (Å²) in [6.45, 7) is 5.86. The SMILES string of the molecule is CCN(CC)c1nc(NC)nc(-c2cccc(OC)c2)n1. The van der Waals surface area contributed by atoms with Crippen molar-refractivity contribution in [3.05, 3.63) is 24.3 Å². The molecular formula is C15H21N5O. The molecule has 1 aromatic carbocycles. The van der Waals surface area contributed by atoms with Gasteiger partial charge in [0.15, 0.2) is 5.82 Å². The van der Waals surface area contributed by atoms with Crippen LogP contribution in [0.2, 0.25) is 0 Å². The Morgan fingerprint density at radius 2 is 1.90 bits per heavy atom. The summed E-state index contributed by atoms with van der Waals surface area (Å²) in [6.07, 6.45) is 0. The third-order valence-electron chi connectivity index (χ3n) is 3.22. The highest BCUT2D eigenvalue weighted by molar-refractivity contribution is 5.60. The fourth-order valence-corrected chi connectivity index (χ4v) is 2.02. The lowest BCUT2D eigenvalue weighted by Crippen LogP contribution is -2.25. The third kappa shape index (κ3) is 3.39. The molecule has 1 heterocycles. The number of anilines is 2. The second kappa shape index (κ2) is 6.88. The molecule has 2 rings (SSSR count). The van der Waals surface area contributed by atoms with Crippen molar-refractivity contribution < 1.29 is 4.74 Å². The fraction of sp³-hybridized carbons (Fsp3) is 0.400. The van der Waals surface area contributed by atoms with Gasteiger partial charge in [0.2, 0.25) is 11.9 Å². The highest BCUT2D eigenvalue weighted by Crippen LogP contribution is 2.23. The molecule has 0 aliphatic rings. The molecule has 0 spiro atoms. The Kier molecular flexibility index (Phi) is 4.92. The molecular weight excluding hydrogens is 266 g/mol. The lowest BCUT2D eigenvalue weighted by Gasteiger charge is -2.19. The van der Waals surface area contributed by atoms with Crippen molar-refractivity contribution in [2.24, 2.45) is 0 Å². The summed E-state index contributed by atoms with van der Waals surface area (Å²) in [6, 6.07) is 7.70. The van der Waals surface area contributed by atoms with Crippen molar-refractivity contribution >= 4 is 11.9 Å². The molecule has 0 aliphatic carbocycles. The maximum absolute atomic E-state index is 5.26. The number of aromatic nitrogens is 3. The number of ether oxygens (including phenoxy) is 1. The van der Waals surface area contributed by atoms with Gasteiger partial charge in [-0.15, -0.1) is 0 Å². The zero-order chi connectivity index (χ0) is 15.2. The highest BCUT2D eigenvalue weighted by atomic mass is 16.5. The van der Waals surface area contributed by atoms with E-state index >= 15 is 0 Å². The summed E-state index contributed by atoms with van der Waals surface area (Å²) < 4.78 is 5.26. The van der Waals surface area contributed by atoms with Crippen LogP contribution in [0, 0.1) is 0 Å². The van der Waals surface area contributed by atoms with Crippen LogP contribution in [0.25, 0.3) is 11.4 Å². The van der Waals surface area contributed by atoms with Crippen LogP contribution in [0.4, 0.5) is 11.9 Å². The number of rotatable bonds is 6. The molecule has 6 heteroatoms. The van der Waals surface area contributed by atoms with Crippen LogP contribution in [0.1, 0.15) is 13.8 Å². The van der Waals surface area contributed by atoms with Gasteiger partial charge in [-0.2, -0.15) is 15.0 Å². The largest absolute Gasteiger partial charge is 0.497 e. The van der Waals surface area contributed by atoms with E-state index in [0.29, 0.717) is 17.7 Å². The average Bonchev–Trinajstić information content (AvgIpc) is 2.55. The van der Waals surface area contributed by atoms with Crippen molar-refractivity contribution in [3.8, 4) is 17.1 Å². The second-order valence-corrected chi connectivity index (χ2v) is 4.44. The lowest BCUT2D eigenvalue weighted by molar-refractivity contribution is 0.415. The summed E-state index contributed by atoms with van der Waals surface area (Å²) in [4.78, 5) is 15.5. The summed E-state index contributed by atoms with van der Waals surface area (Å²) >= 11 is 0. The molecule has 2 aromatic rings. The average molecular weight is 287 g/mol. The molecule has 21 heavy (non-hydrogen) atoms. The van der Waals surface area contributed by atoms with Gasteiger partial charge >= 0.3 is 0 Å². The predicted octanol–water partition coefficient (Wildman–Crippen LogP) is 2.44. The van der Waals surface area contributed by atoms with Crippen molar-refractivity contribution in [1.29, 1.82) is 0 Å². The minimum atomic E-state index is 0.560. The maximum Gasteiger partial charge on any atom is 0.230 e. The second-order valence-electron chi connectivity index (χ2n) is 4.44. The summed E-state index contributed by atoms with van der Waals surface area (Å²) in [5, 5.41) is 2.99. The number of benzene rings is 1. The quantitative estimate of drug-likeness (QED) is 0.880. The molecule has 0 unspecified atom stereocenters. The summed E-state index contributed by atoms with van der Waals surface area (Å²) in [5.41, 5.74) is 0.904. The minimum Gasteiger partial charge on any atom is -0.497 e. The third-order valence-corrected chi connectivity index (χ3v) is 3.22. The first-order valence-corrected chi connectivity index (χ1v) is 7.05. The first-order valence-electron chi connectivity index (χ1n) is 7.05. The van der Waals surface area contributed by atoms with Gasteiger partial charge in [-0.3, -0.25) is 0 Å². The number of hydrogen-bond acceptors (Lipinski definition) is 6. The standard InChI is InChI=1S/C15H21N5O/c1-5-20(6-2)15-18-13(17-14(16-3)19-15)11-8-7-9-12(10-11)21-4/h7-10H,5-6H2,1-4H3,(H,16,17,18,19). The molecule has 0 radical (unpaired) electrons. The first-order chi connectivity index (χ1) is 10.2. The molecule has 0 atom stereocenters. The molecule has 0 fully saturated rings. The van der Waals surface area contributed by atoms with E-state index in [1.807, 2.05) is 24.3 Å². The van der Waals surface area contributed by atoms with Crippen LogP contribution in [0.3, 0.4) is 0 Å². The number of nitrogens with zero attached hydrogens (tertiary/aromatic N) is 4. The van der Waals surface area contributed by atoms with Gasteiger partial charge in [0.25, 0.3) is 0 Å². The minimum absolute atomic E-state index is 0.560. The Labute approximate surface area is 125 Å². The van der Waals surface area contributed by atoms with Crippen molar-refractivity contribution in [3.63, 3.8) is 0 Å². The van der Waals surface area contributed by atoms with Gasteiger partial charge in [0, 0.05) is 25.7 Å². The van der Waals surface area contributed by atoms with Crippen LogP contribution in [0.5, 0.6) is 5.75 Å². The van der Waals surface area contributed by atoms with E-state index < -0.39 is 0 Å². The fourth-order valence-electron chi connectivity index (χ4n) is 2.02. The van der Waals surface area contributed by atoms with Crippen molar-refractivity contribution in [2.75, 3.05) is 37.5 Å². The van der Waals surface area contributed by atoms with Crippen LogP contribution < -0.4 is 15.0 Å². The van der Waals surface area contributed by atoms with Gasteiger partial charge in [0.05, 0.1) is 7.11 Å². The molecule has 0 amide bonds. The summed E-state index contributed by atoms with van der Waals surface area (Å²) in [7, 11) is 3.45. The molecule has 0 saturated carbocycles. The first kappa shape index (κ1) is 15.0. The van der Waals surface area contributed by atoms with E-state index in [9.17, 15) is 0 Å². The van der Waals surface area contributed by atoms with Crippen molar-refractivity contribution in [1.82, 2.24) is 15.0 Å². The van der Waals surface area contributed by atoms with Gasteiger partial charge in [0.1, 0.15) is 5.75 Å². The van der Waals surface area contributed by atoms with E-state index in [1.54, 1.807) is 14.2 Å². The Morgan fingerprint density at radius 1 is 1.14 bits per heavy atom. The van der Waals surface area contributed by atoms with Crippen molar-refractivity contribution in [2.45, 2.75) is 13.8 Å². The van der Waals surface area contributed by atoms with Crippen LogP contribution >= 0.6 is 0 Å². The predicted molar refractivity (Wildman–Crippen MR) is 84.9 cm³/mol. The van der Waals surface area contributed by atoms with E-state index in [-0.39, 0.29) is 0 Å². The van der Waals surface area contributed by atoms with E-state index in [2.05, 4.69) is 39.0 Å². The van der Waals surface area contributed by atoms with Gasteiger partial charge < -0.3 is 15.0 Å². The molecule has 112 valence electrons. The van der Waals surface area contributed by atoms with Crippen LogP contribution in [-0.4, -0.2) is 42.2 Å². The Bertz CT molecular complexity index is 598. The zero-order valence-electron chi connectivity index (χ0n) is 12.9. The molecule has 0 aliphatic heterocycles. The monoisotopic (exact) mass is 287 g/mol. The highest BCUT2D eigenvalue weighted by Gasteiger charge is 2.12. The van der Waals surface area contributed by atoms with Gasteiger partial charge in [-0.05, 0) is 26.0 Å². The molecule has 6 nitrogen and oxygen atoms in total. The Balaban J connectivity index is 2.49. The van der Waals surface area contributed by atoms with E-state index in [1.165, 1.54) is 0 Å². The zero-order valence-corrected chi connectivity index (χ0v) is 12.9. The molecule has 0 bridgehead atoms. The summed E-state index contributed by atoms with van der Waals surface area (Å²) in [5.74, 6) is 2.65. The number of methoxy groups -OCH3 is 1. The van der Waals surface area contributed by atoms with Crippen LogP contribution in [0.15, 0.2) is 24.3 Å². The number of hydrogen-bond donors (Lipinski definition) is 1. The van der Waals surface area contributed by atoms with E-state index in [4.69, 9.17) is 4.74 Å². The van der Waals surface area contributed by atoms with E-state index in [0.717, 1.165) is 24.4 Å². The topological polar surface area (TPSA) is 63.2 Å². The van der Waals surface area contributed by atoms with Gasteiger partial charge in [-0.1, -0.05) is 12.1 Å². The number of nitrogens with one attached hydrogen (secondary N) is 1. The lowest BCUT2D eigenvalue weighted by atomic mass is 10.2. The maximum atomic E-state index is 5.26. The van der Waals surface area contributed by atoms with Gasteiger partial charge in [-0.25, -0.2) is 0 Å². The molecule has 1 aromatic heterocycles. The normalized spacial score (nSPS) is 10.3. The smallest absolute Gasteiger partial charge is 0.230 e. The molecule has 0 saturated heterocycles. The Hall–Kier alpha value is -2.37. The Morgan fingerprint density at radius 3 is 2.52 bits per heavy atom. The molecule has 1 N–H and O–H groups in total. The van der Waals surface area contributed by atoms with Crippen LogP contribution in [-0.2, 0) is 0 Å².